The topological polar surface area (TPSA) is 28.4 Å². The molecule has 0 aliphatic carbocycles. The number of likely N-dealkylation sites (tertiary alicyclic amines) is 1. The highest BCUT2D eigenvalue weighted by molar-refractivity contribution is 8.00. The van der Waals surface area contributed by atoms with Crippen LogP contribution in [0.2, 0.25) is 0 Å². The van der Waals surface area contributed by atoms with Gasteiger partial charge in [-0.05, 0) is 50.2 Å². The van der Waals surface area contributed by atoms with Crippen molar-refractivity contribution in [3.63, 3.8) is 0 Å². The van der Waals surface area contributed by atoms with E-state index in [0.29, 0.717) is 12.1 Å². The lowest BCUT2D eigenvalue weighted by atomic mass is 10.1. The van der Waals surface area contributed by atoms with Gasteiger partial charge in [-0.15, -0.1) is 0 Å². The van der Waals surface area contributed by atoms with E-state index in [4.69, 9.17) is 4.42 Å². The highest BCUT2D eigenvalue weighted by Gasteiger charge is 2.28. The van der Waals surface area contributed by atoms with E-state index in [1.54, 1.807) is 6.26 Å². The van der Waals surface area contributed by atoms with Crippen molar-refractivity contribution in [2.45, 2.75) is 43.5 Å². The summed E-state index contributed by atoms with van der Waals surface area (Å²) in [6.45, 7) is 5.78. The quantitative estimate of drug-likeness (QED) is 0.898. The van der Waals surface area contributed by atoms with Crippen LogP contribution in [0.15, 0.2) is 22.8 Å². The molecule has 2 aliphatic heterocycles. The molecule has 106 valence electrons. The van der Waals surface area contributed by atoms with Gasteiger partial charge < -0.3 is 9.73 Å². The van der Waals surface area contributed by atoms with Crippen molar-refractivity contribution in [2.75, 3.05) is 25.4 Å². The zero-order valence-electron chi connectivity index (χ0n) is 11.7. The van der Waals surface area contributed by atoms with Gasteiger partial charge in [0.25, 0.3) is 0 Å². The van der Waals surface area contributed by atoms with Crippen LogP contribution >= 0.6 is 11.8 Å². The van der Waals surface area contributed by atoms with E-state index in [0.717, 1.165) is 17.6 Å². The van der Waals surface area contributed by atoms with Crippen LogP contribution in [0.25, 0.3) is 0 Å². The Labute approximate surface area is 120 Å². The van der Waals surface area contributed by atoms with Crippen molar-refractivity contribution >= 4 is 11.8 Å². The first-order valence-electron chi connectivity index (χ1n) is 7.47. The summed E-state index contributed by atoms with van der Waals surface area (Å²) in [7, 11) is 0. The van der Waals surface area contributed by atoms with Crippen molar-refractivity contribution < 1.29 is 4.42 Å². The van der Waals surface area contributed by atoms with Gasteiger partial charge in [0, 0.05) is 17.8 Å². The molecule has 0 bridgehead atoms. The van der Waals surface area contributed by atoms with Crippen LogP contribution in [0, 0.1) is 0 Å². The van der Waals surface area contributed by atoms with E-state index in [1.807, 2.05) is 6.07 Å². The fourth-order valence-corrected chi connectivity index (χ4v) is 4.43. The predicted octanol–water partition coefficient (Wildman–Crippen LogP) is 2.90. The van der Waals surface area contributed by atoms with E-state index in [1.165, 1.54) is 38.1 Å². The Kier molecular flexibility index (Phi) is 4.51. The summed E-state index contributed by atoms with van der Waals surface area (Å²) in [4.78, 5) is 2.57. The van der Waals surface area contributed by atoms with Crippen LogP contribution < -0.4 is 5.32 Å². The van der Waals surface area contributed by atoms with E-state index in [9.17, 15) is 0 Å². The fourth-order valence-electron chi connectivity index (χ4n) is 3.21. The number of hydrogen-bond donors (Lipinski definition) is 1. The Morgan fingerprint density at radius 2 is 2.32 bits per heavy atom. The molecule has 0 spiro atoms. The minimum Gasteiger partial charge on any atom is -0.468 e. The minimum atomic E-state index is 0.412. The van der Waals surface area contributed by atoms with Crippen molar-refractivity contribution in [1.29, 1.82) is 0 Å². The van der Waals surface area contributed by atoms with Crippen LogP contribution in [-0.4, -0.2) is 41.6 Å². The van der Waals surface area contributed by atoms with Crippen molar-refractivity contribution in [1.82, 2.24) is 10.2 Å². The molecule has 1 aromatic rings. The Hall–Kier alpha value is -0.450. The Bertz CT molecular complexity index is 376. The van der Waals surface area contributed by atoms with Gasteiger partial charge >= 0.3 is 0 Å². The highest BCUT2D eigenvalue weighted by atomic mass is 32.2. The molecule has 3 heterocycles. The standard InChI is InChI=1S/C15H24N2OS/c1-12-13(6-10-19-12)16-11-14(15-5-4-9-18-15)17-7-2-3-8-17/h4-5,9,12-14,16H,2-3,6-8,10-11H2,1H3. The summed E-state index contributed by atoms with van der Waals surface area (Å²) in [5, 5.41) is 4.52. The second-order valence-electron chi connectivity index (χ2n) is 5.65. The molecule has 4 heteroatoms. The maximum atomic E-state index is 5.66. The van der Waals surface area contributed by atoms with Gasteiger partial charge in [0.2, 0.25) is 0 Å². The molecular weight excluding hydrogens is 256 g/mol. The molecule has 0 radical (unpaired) electrons. The van der Waals surface area contributed by atoms with E-state index >= 15 is 0 Å². The first-order valence-corrected chi connectivity index (χ1v) is 8.52. The second-order valence-corrected chi connectivity index (χ2v) is 7.14. The molecule has 1 N–H and O–H groups in total. The Morgan fingerprint density at radius 1 is 1.47 bits per heavy atom. The molecule has 3 atom stereocenters. The van der Waals surface area contributed by atoms with Gasteiger partial charge in [0.05, 0.1) is 12.3 Å². The third-order valence-electron chi connectivity index (χ3n) is 4.40. The Balaban J connectivity index is 1.62. The average molecular weight is 280 g/mol. The summed E-state index contributed by atoms with van der Waals surface area (Å²) in [5.74, 6) is 2.42. The third kappa shape index (κ3) is 3.18. The molecule has 3 nitrogen and oxygen atoms in total. The molecular formula is C15H24N2OS. The largest absolute Gasteiger partial charge is 0.468 e. The number of nitrogens with zero attached hydrogens (tertiary/aromatic N) is 1. The van der Waals surface area contributed by atoms with Crippen LogP contribution in [0.1, 0.15) is 38.0 Å². The van der Waals surface area contributed by atoms with Gasteiger partial charge in [-0.1, -0.05) is 6.92 Å². The van der Waals surface area contributed by atoms with E-state index in [-0.39, 0.29) is 0 Å². The molecule has 19 heavy (non-hydrogen) atoms. The molecule has 1 aromatic heterocycles. The van der Waals surface area contributed by atoms with Crippen molar-refractivity contribution in [3.05, 3.63) is 24.2 Å². The molecule has 0 amide bonds. The summed E-state index contributed by atoms with van der Waals surface area (Å²) >= 11 is 2.09. The summed E-state index contributed by atoms with van der Waals surface area (Å²) < 4.78 is 5.66. The maximum Gasteiger partial charge on any atom is 0.122 e. The number of hydrogen-bond acceptors (Lipinski definition) is 4. The maximum absolute atomic E-state index is 5.66. The average Bonchev–Trinajstić information content (AvgIpc) is 3.13. The first-order chi connectivity index (χ1) is 9.34. The zero-order valence-corrected chi connectivity index (χ0v) is 12.5. The monoisotopic (exact) mass is 280 g/mol. The van der Waals surface area contributed by atoms with Gasteiger partial charge in [-0.2, -0.15) is 11.8 Å². The molecule has 2 aliphatic rings. The molecule has 3 unspecified atom stereocenters. The lowest BCUT2D eigenvalue weighted by Crippen LogP contribution is -2.40. The summed E-state index contributed by atoms with van der Waals surface area (Å²) in [5.41, 5.74) is 0. The zero-order chi connectivity index (χ0) is 13.1. The van der Waals surface area contributed by atoms with Crippen molar-refractivity contribution in [3.8, 4) is 0 Å². The van der Waals surface area contributed by atoms with Crippen molar-refractivity contribution in [2.24, 2.45) is 0 Å². The fraction of sp³-hybridized carbons (Fsp3) is 0.733. The lowest BCUT2D eigenvalue weighted by molar-refractivity contribution is 0.204. The molecule has 0 saturated carbocycles. The smallest absolute Gasteiger partial charge is 0.122 e. The van der Waals surface area contributed by atoms with Gasteiger partial charge in [-0.25, -0.2) is 0 Å². The lowest BCUT2D eigenvalue weighted by Gasteiger charge is -2.28. The highest BCUT2D eigenvalue weighted by Crippen LogP contribution is 2.28. The number of nitrogens with one attached hydrogen (secondary N) is 1. The van der Waals surface area contributed by atoms with Gasteiger partial charge in [0.1, 0.15) is 5.76 Å². The predicted molar refractivity (Wildman–Crippen MR) is 80.6 cm³/mol. The molecule has 0 aromatic carbocycles. The number of furan rings is 1. The van der Waals surface area contributed by atoms with Gasteiger partial charge in [-0.3, -0.25) is 4.90 Å². The van der Waals surface area contributed by atoms with Gasteiger partial charge in [0.15, 0.2) is 0 Å². The normalized spacial score (nSPS) is 29.9. The Morgan fingerprint density at radius 3 is 2.95 bits per heavy atom. The summed E-state index contributed by atoms with van der Waals surface area (Å²) in [6, 6.07) is 5.21. The minimum absolute atomic E-state index is 0.412. The summed E-state index contributed by atoms with van der Waals surface area (Å²) in [6.07, 6.45) is 5.75. The first kappa shape index (κ1) is 13.5. The number of rotatable bonds is 5. The number of thioether (sulfide) groups is 1. The van der Waals surface area contributed by atoms with Crippen LogP contribution in [0.5, 0.6) is 0 Å². The van der Waals surface area contributed by atoms with Crippen LogP contribution in [0.4, 0.5) is 0 Å². The molecule has 3 rings (SSSR count). The third-order valence-corrected chi connectivity index (χ3v) is 5.73. The van der Waals surface area contributed by atoms with Crippen LogP contribution in [0.3, 0.4) is 0 Å². The van der Waals surface area contributed by atoms with E-state index < -0.39 is 0 Å². The molecule has 2 saturated heterocycles. The SMILES string of the molecule is CC1SCCC1NCC(c1ccco1)N1CCCC1. The second kappa shape index (κ2) is 6.33. The van der Waals surface area contributed by atoms with Crippen LogP contribution in [-0.2, 0) is 0 Å². The molecule has 2 fully saturated rings. The van der Waals surface area contributed by atoms with E-state index in [2.05, 4.69) is 35.0 Å².